The second kappa shape index (κ2) is 5.79. The summed E-state index contributed by atoms with van der Waals surface area (Å²) in [6.45, 7) is 9.42. The first-order valence-electron chi connectivity index (χ1n) is 7.81. The van der Waals surface area contributed by atoms with Gasteiger partial charge in [-0.2, -0.15) is 0 Å². The summed E-state index contributed by atoms with van der Waals surface area (Å²) in [7, 11) is 2.04. The number of pyridine rings is 2. The maximum Gasteiger partial charge on any atom is 0.158 e. The average molecular weight is 294 g/mol. The van der Waals surface area contributed by atoms with E-state index in [1.165, 1.54) is 5.56 Å². The predicted octanol–water partition coefficient (Wildman–Crippen LogP) is 4.01. The molecular formula is C18H22N4. The van der Waals surface area contributed by atoms with Crippen LogP contribution in [0.25, 0.3) is 5.70 Å². The number of hydrogen-bond donors (Lipinski definition) is 0. The van der Waals surface area contributed by atoms with E-state index in [2.05, 4.69) is 47.3 Å². The average Bonchev–Trinajstić information content (AvgIpc) is 2.63. The molecule has 4 heteroatoms. The molecule has 0 aliphatic carbocycles. The Labute approximate surface area is 132 Å². The van der Waals surface area contributed by atoms with Crippen molar-refractivity contribution < 1.29 is 0 Å². The van der Waals surface area contributed by atoms with Crippen LogP contribution in [-0.2, 0) is 6.42 Å². The zero-order valence-electron chi connectivity index (χ0n) is 13.5. The minimum atomic E-state index is 0.818. The molecule has 0 bridgehead atoms. The Morgan fingerprint density at radius 2 is 2.00 bits per heavy atom. The standard InChI is InChI=1S/C18H22N4/c1-5-8-14-11-15-13(3)21(4)16-9-7-10-19-18(16)22(6-2)17(15)20-12-14/h7,9-12H,3,5-6,8H2,1-2,4H3. The molecule has 2 aromatic heterocycles. The zero-order valence-corrected chi connectivity index (χ0v) is 13.5. The number of aryl methyl sites for hydroxylation is 1. The largest absolute Gasteiger partial charge is 0.341 e. The lowest BCUT2D eigenvalue weighted by molar-refractivity contribution is 0.904. The van der Waals surface area contributed by atoms with Gasteiger partial charge in [-0.05, 0) is 37.1 Å². The van der Waals surface area contributed by atoms with Gasteiger partial charge >= 0.3 is 0 Å². The first-order valence-corrected chi connectivity index (χ1v) is 7.81. The van der Waals surface area contributed by atoms with Gasteiger partial charge in [0.1, 0.15) is 5.82 Å². The van der Waals surface area contributed by atoms with Crippen molar-refractivity contribution in [2.75, 3.05) is 23.4 Å². The zero-order chi connectivity index (χ0) is 15.7. The number of rotatable bonds is 3. The summed E-state index contributed by atoms with van der Waals surface area (Å²) < 4.78 is 0. The van der Waals surface area contributed by atoms with E-state index in [9.17, 15) is 0 Å². The molecule has 2 aromatic rings. The Morgan fingerprint density at radius 3 is 2.73 bits per heavy atom. The summed E-state index contributed by atoms with van der Waals surface area (Å²) in [4.78, 5) is 13.6. The lowest BCUT2D eigenvalue weighted by atomic mass is 10.1. The predicted molar refractivity (Wildman–Crippen MR) is 92.6 cm³/mol. The van der Waals surface area contributed by atoms with Gasteiger partial charge in [-0.15, -0.1) is 0 Å². The maximum atomic E-state index is 4.73. The molecule has 22 heavy (non-hydrogen) atoms. The summed E-state index contributed by atoms with van der Waals surface area (Å²) in [5, 5.41) is 0. The first kappa shape index (κ1) is 14.6. The van der Waals surface area contributed by atoms with Crippen LogP contribution in [0.4, 0.5) is 17.3 Å². The van der Waals surface area contributed by atoms with E-state index in [4.69, 9.17) is 4.98 Å². The molecule has 0 spiro atoms. The van der Waals surface area contributed by atoms with Crippen molar-refractivity contribution >= 4 is 23.0 Å². The van der Waals surface area contributed by atoms with Crippen LogP contribution in [0.3, 0.4) is 0 Å². The summed E-state index contributed by atoms with van der Waals surface area (Å²) >= 11 is 0. The highest BCUT2D eigenvalue weighted by atomic mass is 15.3. The van der Waals surface area contributed by atoms with Gasteiger partial charge in [0, 0.05) is 37.2 Å². The Bertz CT molecular complexity index is 708. The molecule has 3 rings (SSSR count). The van der Waals surface area contributed by atoms with E-state index in [1.54, 1.807) is 0 Å². The minimum Gasteiger partial charge on any atom is -0.341 e. The van der Waals surface area contributed by atoms with Gasteiger partial charge in [-0.1, -0.05) is 19.9 Å². The quantitative estimate of drug-likeness (QED) is 0.856. The van der Waals surface area contributed by atoms with E-state index in [0.29, 0.717) is 0 Å². The Morgan fingerprint density at radius 1 is 1.18 bits per heavy atom. The number of fused-ring (bicyclic) bond motifs is 2. The third-order valence-corrected chi connectivity index (χ3v) is 4.13. The fourth-order valence-corrected chi connectivity index (χ4v) is 2.94. The van der Waals surface area contributed by atoms with Gasteiger partial charge in [-0.25, -0.2) is 9.97 Å². The third kappa shape index (κ3) is 2.25. The molecular weight excluding hydrogens is 272 g/mol. The fraction of sp³-hybridized carbons (Fsp3) is 0.333. The van der Waals surface area contributed by atoms with Crippen LogP contribution in [-0.4, -0.2) is 23.6 Å². The fourth-order valence-electron chi connectivity index (χ4n) is 2.94. The first-order chi connectivity index (χ1) is 10.7. The molecule has 4 nitrogen and oxygen atoms in total. The van der Waals surface area contributed by atoms with Gasteiger partial charge in [0.2, 0.25) is 0 Å². The van der Waals surface area contributed by atoms with E-state index in [1.807, 2.05) is 25.5 Å². The normalized spacial score (nSPS) is 13.7. The summed E-state index contributed by atoms with van der Waals surface area (Å²) in [6, 6.07) is 6.26. The molecule has 1 aliphatic rings. The number of anilines is 3. The Hall–Kier alpha value is -2.36. The molecule has 114 valence electrons. The van der Waals surface area contributed by atoms with Gasteiger partial charge < -0.3 is 9.80 Å². The molecule has 0 atom stereocenters. The molecule has 3 heterocycles. The van der Waals surface area contributed by atoms with Gasteiger partial charge in [0.15, 0.2) is 5.82 Å². The van der Waals surface area contributed by atoms with Crippen molar-refractivity contribution in [2.45, 2.75) is 26.7 Å². The molecule has 0 radical (unpaired) electrons. The van der Waals surface area contributed by atoms with Crippen LogP contribution in [0.5, 0.6) is 0 Å². The van der Waals surface area contributed by atoms with E-state index in [0.717, 1.165) is 48.0 Å². The molecule has 1 aliphatic heterocycles. The highest BCUT2D eigenvalue weighted by molar-refractivity contribution is 5.92. The van der Waals surface area contributed by atoms with Crippen molar-refractivity contribution in [1.29, 1.82) is 0 Å². The van der Waals surface area contributed by atoms with Crippen molar-refractivity contribution in [3.63, 3.8) is 0 Å². The highest BCUT2D eigenvalue weighted by Gasteiger charge is 2.26. The lowest BCUT2D eigenvalue weighted by Crippen LogP contribution is -2.19. The van der Waals surface area contributed by atoms with Crippen LogP contribution in [0.2, 0.25) is 0 Å². The van der Waals surface area contributed by atoms with Crippen molar-refractivity contribution in [3.8, 4) is 0 Å². The van der Waals surface area contributed by atoms with Gasteiger partial charge in [0.05, 0.1) is 5.69 Å². The number of aromatic nitrogens is 2. The Kier molecular flexibility index (Phi) is 3.84. The molecule has 0 fully saturated rings. The van der Waals surface area contributed by atoms with E-state index in [-0.39, 0.29) is 0 Å². The SMILES string of the molecule is C=C1c2cc(CCC)cnc2N(CC)c2ncccc2N1C. The second-order valence-electron chi connectivity index (χ2n) is 5.56. The molecule has 0 N–H and O–H groups in total. The maximum absolute atomic E-state index is 4.73. The number of nitrogens with zero attached hydrogens (tertiary/aromatic N) is 4. The van der Waals surface area contributed by atoms with Gasteiger partial charge in [-0.3, -0.25) is 0 Å². The molecule has 0 unspecified atom stereocenters. The highest BCUT2D eigenvalue weighted by Crippen LogP contribution is 2.41. The summed E-state index contributed by atoms with van der Waals surface area (Å²) in [5.74, 6) is 1.87. The van der Waals surface area contributed by atoms with Crippen LogP contribution < -0.4 is 9.80 Å². The van der Waals surface area contributed by atoms with Gasteiger partial charge in [0.25, 0.3) is 0 Å². The van der Waals surface area contributed by atoms with Crippen molar-refractivity contribution in [1.82, 2.24) is 9.97 Å². The van der Waals surface area contributed by atoms with Crippen LogP contribution in [0, 0.1) is 0 Å². The second-order valence-corrected chi connectivity index (χ2v) is 5.56. The van der Waals surface area contributed by atoms with Crippen molar-refractivity contribution in [3.05, 3.63) is 48.3 Å². The minimum absolute atomic E-state index is 0.818. The Balaban J connectivity index is 2.22. The van der Waals surface area contributed by atoms with E-state index < -0.39 is 0 Å². The van der Waals surface area contributed by atoms with Crippen LogP contribution in [0.15, 0.2) is 37.2 Å². The van der Waals surface area contributed by atoms with Crippen molar-refractivity contribution in [2.24, 2.45) is 0 Å². The van der Waals surface area contributed by atoms with Crippen LogP contribution >= 0.6 is 0 Å². The molecule has 0 aromatic carbocycles. The molecule has 0 amide bonds. The molecule has 0 saturated carbocycles. The topological polar surface area (TPSA) is 32.3 Å². The third-order valence-electron chi connectivity index (χ3n) is 4.13. The molecule has 0 saturated heterocycles. The smallest absolute Gasteiger partial charge is 0.158 e. The summed E-state index contributed by atoms with van der Waals surface area (Å²) in [5.41, 5.74) is 4.37. The monoisotopic (exact) mass is 294 g/mol. The van der Waals surface area contributed by atoms with E-state index >= 15 is 0 Å². The lowest BCUT2D eigenvalue weighted by Gasteiger charge is -2.23. The summed E-state index contributed by atoms with van der Waals surface area (Å²) in [6.07, 6.45) is 5.96. The number of hydrogen-bond acceptors (Lipinski definition) is 4. The van der Waals surface area contributed by atoms with Crippen LogP contribution in [0.1, 0.15) is 31.4 Å².